The quantitative estimate of drug-likeness (QED) is 0.741. The fourth-order valence-electron chi connectivity index (χ4n) is 3.63. The van der Waals surface area contributed by atoms with E-state index in [2.05, 4.69) is 5.32 Å². The number of hydrogen-bond donors (Lipinski definition) is 1. The molecule has 0 spiro atoms. The SMILES string of the molecule is Cc1ccc(N(Cc2ccc3c(c2)CN(C(=O)NC(C)(C)C)CCO3)C(=O)C(C)C)cc1. The number of hydrogen-bond acceptors (Lipinski definition) is 3. The van der Waals surface area contributed by atoms with Crippen LogP contribution in [-0.4, -0.2) is 35.5 Å². The summed E-state index contributed by atoms with van der Waals surface area (Å²) in [6.45, 7) is 13.7. The Morgan fingerprint density at radius 1 is 1.12 bits per heavy atom. The molecule has 0 radical (unpaired) electrons. The van der Waals surface area contributed by atoms with Gasteiger partial charge in [-0.3, -0.25) is 4.79 Å². The lowest BCUT2D eigenvalue weighted by Gasteiger charge is -2.27. The summed E-state index contributed by atoms with van der Waals surface area (Å²) in [7, 11) is 0. The van der Waals surface area contributed by atoms with Crippen molar-refractivity contribution in [1.29, 1.82) is 0 Å². The first-order valence-corrected chi connectivity index (χ1v) is 11.2. The number of fused-ring (bicyclic) bond motifs is 1. The summed E-state index contributed by atoms with van der Waals surface area (Å²) >= 11 is 0. The molecule has 0 atom stereocenters. The number of nitrogens with zero attached hydrogens (tertiary/aromatic N) is 2. The molecule has 3 rings (SSSR count). The topological polar surface area (TPSA) is 61.9 Å². The summed E-state index contributed by atoms with van der Waals surface area (Å²) < 4.78 is 5.90. The molecule has 0 bridgehead atoms. The van der Waals surface area contributed by atoms with E-state index in [1.165, 1.54) is 0 Å². The molecular weight excluding hydrogens is 402 g/mol. The maximum absolute atomic E-state index is 13.0. The van der Waals surface area contributed by atoms with E-state index in [1.807, 2.05) is 88.9 Å². The molecule has 0 fully saturated rings. The van der Waals surface area contributed by atoms with Crippen LogP contribution in [0.1, 0.15) is 51.3 Å². The smallest absolute Gasteiger partial charge is 0.318 e. The zero-order valence-corrected chi connectivity index (χ0v) is 20.1. The summed E-state index contributed by atoms with van der Waals surface area (Å²) in [5, 5.41) is 3.03. The molecule has 1 aliphatic rings. The predicted octanol–water partition coefficient (Wildman–Crippen LogP) is 4.89. The van der Waals surface area contributed by atoms with Gasteiger partial charge in [-0.25, -0.2) is 4.79 Å². The van der Waals surface area contributed by atoms with Crippen LogP contribution in [0, 0.1) is 12.8 Å². The molecule has 172 valence electrons. The average Bonchev–Trinajstić information content (AvgIpc) is 2.93. The van der Waals surface area contributed by atoms with E-state index < -0.39 is 0 Å². The molecule has 1 aliphatic heterocycles. The van der Waals surface area contributed by atoms with E-state index in [-0.39, 0.29) is 23.4 Å². The van der Waals surface area contributed by atoms with Gasteiger partial charge < -0.3 is 19.9 Å². The Morgan fingerprint density at radius 2 is 1.81 bits per heavy atom. The van der Waals surface area contributed by atoms with Crippen LogP contribution >= 0.6 is 0 Å². The average molecular weight is 438 g/mol. The monoisotopic (exact) mass is 437 g/mol. The summed E-state index contributed by atoms with van der Waals surface area (Å²) in [5.74, 6) is 0.750. The Labute approximate surface area is 191 Å². The standard InChI is InChI=1S/C26H35N3O3/c1-18(2)24(30)29(22-10-7-19(3)8-11-22)16-20-9-12-23-21(15-20)17-28(13-14-32-23)25(31)27-26(4,5)6/h7-12,15,18H,13-14,16-17H2,1-6H3,(H,27,31). The van der Waals surface area contributed by atoms with E-state index in [0.29, 0.717) is 26.2 Å². The van der Waals surface area contributed by atoms with Gasteiger partial charge in [0.15, 0.2) is 0 Å². The number of carbonyl (C=O) groups excluding carboxylic acids is 2. The third-order valence-corrected chi connectivity index (χ3v) is 5.32. The fraction of sp³-hybridized carbons (Fsp3) is 0.462. The number of rotatable bonds is 4. The van der Waals surface area contributed by atoms with Gasteiger partial charge in [0, 0.05) is 22.7 Å². The number of anilines is 1. The Balaban J connectivity index is 1.85. The number of benzene rings is 2. The maximum Gasteiger partial charge on any atom is 0.318 e. The van der Waals surface area contributed by atoms with Crippen molar-refractivity contribution in [3.05, 3.63) is 59.2 Å². The molecule has 2 aromatic rings. The fourth-order valence-corrected chi connectivity index (χ4v) is 3.63. The van der Waals surface area contributed by atoms with Crippen LogP contribution in [0.3, 0.4) is 0 Å². The number of nitrogens with one attached hydrogen (secondary N) is 1. The second kappa shape index (κ2) is 9.63. The van der Waals surface area contributed by atoms with Gasteiger partial charge in [-0.05, 0) is 57.5 Å². The number of aryl methyl sites for hydroxylation is 1. The van der Waals surface area contributed by atoms with Gasteiger partial charge in [-0.1, -0.05) is 37.6 Å². The van der Waals surface area contributed by atoms with Gasteiger partial charge in [-0.2, -0.15) is 0 Å². The lowest BCUT2D eigenvalue weighted by Crippen LogP contribution is -2.48. The maximum atomic E-state index is 13.0. The van der Waals surface area contributed by atoms with Gasteiger partial charge in [0.2, 0.25) is 5.91 Å². The molecule has 3 amide bonds. The van der Waals surface area contributed by atoms with Crippen LogP contribution in [0.5, 0.6) is 5.75 Å². The lowest BCUT2D eigenvalue weighted by atomic mass is 10.1. The molecular formula is C26H35N3O3. The van der Waals surface area contributed by atoms with E-state index in [1.54, 1.807) is 4.90 Å². The van der Waals surface area contributed by atoms with Crippen LogP contribution in [0.15, 0.2) is 42.5 Å². The van der Waals surface area contributed by atoms with Crippen molar-refractivity contribution in [1.82, 2.24) is 10.2 Å². The minimum Gasteiger partial charge on any atom is -0.491 e. The van der Waals surface area contributed by atoms with Crippen molar-refractivity contribution >= 4 is 17.6 Å². The minimum atomic E-state index is -0.305. The van der Waals surface area contributed by atoms with Crippen LogP contribution in [0.4, 0.5) is 10.5 Å². The zero-order chi connectivity index (χ0) is 23.5. The van der Waals surface area contributed by atoms with Gasteiger partial charge in [0.25, 0.3) is 0 Å². The van der Waals surface area contributed by atoms with Crippen LogP contribution in [0.2, 0.25) is 0 Å². The number of urea groups is 1. The molecule has 2 aromatic carbocycles. The van der Waals surface area contributed by atoms with Crippen LogP contribution in [0.25, 0.3) is 0 Å². The Kier molecular flexibility index (Phi) is 7.12. The molecule has 6 nitrogen and oxygen atoms in total. The summed E-state index contributed by atoms with van der Waals surface area (Å²) in [6, 6.07) is 13.9. The number of ether oxygens (including phenoxy) is 1. The van der Waals surface area contributed by atoms with Crippen molar-refractivity contribution < 1.29 is 14.3 Å². The lowest BCUT2D eigenvalue weighted by molar-refractivity contribution is -0.121. The molecule has 32 heavy (non-hydrogen) atoms. The minimum absolute atomic E-state index is 0.0752. The zero-order valence-electron chi connectivity index (χ0n) is 20.1. The highest BCUT2D eigenvalue weighted by Gasteiger charge is 2.24. The van der Waals surface area contributed by atoms with E-state index >= 15 is 0 Å². The van der Waals surface area contributed by atoms with Crippen molar-refractivity contribution in [3.63, 3.8) is 0 Å². The Morgan fingerprint density at radius 3 is 2.44 bits per heavy atom. The molecule has 1 heterocycles. The highest BCUT2D eigenvalue weighted by Crippen LogP contribution is 2.27. The third kappa shape index (κ3) is 6.02. The summed E-state index contributed by atoms with van der Waals surface area (Å²) in [4.78, 5) is 29.3. The highest BCUT2D eigenvalue weighted by molar-refractivity contribution is 5.94. The van der Waals surface area contributed by atoms with Crippen LogP contribution < -0.4 is 15.0 Å². The molecule has 0 aromatic heterocycles. The molecule has 0 saturated carbocycles. The van der Waals surface area contributed by atoms with Gasteiger partial charge in [0.1, 0.15) is 12.4 Å². The summed E-state index contributed by atoms with van der Waals surface area (Å²) in [5.41, 5.74) is 3.68. The van der Waals surface area contributed by atoms with Crippen molar-refractivity contribution in [2.24, 2.45) is 5.92 Å². The largest absolute Gasteiger partial charge is 0.491 e. The van der Waals surface area contributed by atoms with E-state index in [0.717, 1.165) is 28.1 Å². The highest BCUT2D eigenvalue weighted by atomic mass is 16.5. The first-order valence-electron chi connectivity index (χ1n) is 11.2. The number of amides is 3. The van der Waals surface area contributed by atoms with Crippen molar-refractivity contribution in [2.75, 3.05) is 18.1 Å². The predicted molar refractivity (Wildman–Crippen MR) is 128 cm³/mol. The van der Waals surface area contributed by atoms with Gasteiger partial charge >= 0.3 is 6.03 Å². The first kappa shape index (κ1) is 23.6. The second-order valence-corrected chi connectivity index (χ2v) is 9.81. The second-order valence-electron chi connectivity index (χ2n) is 9.81. The first-order chi connectivity index (χ1) is 15.0. The van der Waals surface area contributed by atoms with E-state index in [4.69, 9.17) is 4.74 Å². The molecule has 0 saturated heterocycles. The van der Waals surface area contributed by atoms with Crippen molar-refractivity contribution in [2.45, 2.75) is 60.2 Å². The third-order valence-electron chi connectivity index (χ3n) is 5.32. The van der Waals surface area contributed by atoms with Gasteiger partial charge in [-0.15, -0.1) is 0 Å². The molecule has 0 aliphatic carbocycles. The summed E-state index contributed by atoms with van der Waals surface area (Å²) in [6.07, 6.45) is 0. The Bertz CT molecular complexity index is 961. The van der Waals surface area contributed by atoms with Crippen LogP contribution in [-0.2, 0) is 17.9 Å². The van der Waals surface area contributed by atoms with E-state index in [9.17, 15) is 9.59 Å². The van der Waals surface area contributed by atoms with Crippen molar-refractivity contribution in [3.8, 4) is 5.75 Å². The normalized spacial score (nSPS) is 13.8. The Hall–Kier alpha value is -3.02. The molecule has 0 unspecified atom stereocenters. The molecule has 1 N–H and O–H groups in total. The number of carbonyl (C=O) groups is 2. The molecule has 6 heteroatoms. The van der Waals surface area contributed by atoms with Gasteiger partial charge in [0.05, 0.1) is 19.6 Å².